The third-order valence-corrected chi connectivity index (χ3v) is 22.8. The predicted molar refractivity (Wildman–Crippen MR) is 149 cm³/mol. The van der Waals surface area contributed by atoms with E-state index in [9.17, 15) is 5.26 Å². The molecule has 0 spiro atoms. The van der Waals surface area contributed by atoms with Gasteiger partial charge in [0, 0.05) is 0 Å². The Labute approximate surface area is 217 Å². The molecular weight excluding hydrogens is 499 g/mol. The van der Waals surface area contributed by atoms with E-state index >= 15 is 0 Å². The van der Waals surface area contributed by atoms with Gasteiger partial charge in [0.1, 0.15) is 31.0 Å². The predicted octanol–water partition coefficient (Wildman–Crippen LogP) is 6.26. The molecule has 1 aliphatic heterocycles. The molecule has 0 amide bonds. The summed E-state index contributed by atoms with van der Waals surface area (Å²) in [6.45, 7) is 19.9. The van der Waals surface area contributed by atoms with Gasteiger partial charge in [0.2, 0.25) is 6.29 Å². The van der Waals surface area contributed by atoms with Crippen molar-refractivity contribution in [2.45, 2.75) is 147 Å². The van der Waals surface area contributed by atoms with Gasteiger partial charge >= 0.3 is 0 Å². The second kappa shape index (κ2) is 15.7. The summed E-state index contributed by atoms with van der Waals surface area (Å²) in [5.41, 5.74) is 0. The second-order valence-corrected chi connectivity index (χ2v) is 24.1. The lowest BCUT2D eigenvalue weighted by molar-refractivity contribution is -0.326. The van der Waals surface area contributed by atoms with Crippen molar-refractivity contribution in [3.8, 4) is 0 Å². The maximum Gasteiger partial charge on any atom is 0.205 e. The van der Waals surface area contributed by atoms with Crippen LogP contribution in [0.4, 0.5) is 0 Å². The van der Waals surface area contributed by atoms with Crippen molar-refractivity contribution in [1.29, 1.82) is 0 Å². The Balaban J connectivity index is 3.68. The highest BCUT2D eigenvalue weighted by Crippen LogP contribution is 2.39. The highest BCUT2D eigenvalue weighted by molar-refractivity contribution is 6.74. The standard InChI is InChI=1S/C24H55NO7Si3/c1-10-33(11-2,12-3)30-21-20(19-27-26)28-24(29-25)23(32-35(16-7,17-8)18-9)22(21)31-34(13-4,14-5)15-6/h20-24,26H,10-19,25H2,1-9H3/t20?,21-,22+,23+,24?/m1/s1. The fourth-order valence-electron chi connectivity index (χ4n) is 5.46. The fourth-order valence-corrected chi connectivity index (χ4v) is 14.0. The molecule has 0 aromatic carbocycles. The lowest BCUT2D eigenvalue weighted by Gasteiger charge is -2.52. The smallest absolute Gasteiger partial charge is 0.205 e. The first-order valence-electron chi connectivity index (χ1n) is 14.0. The zero-order valence-electron chi connectivity index (χ0n) is 23.9. The summed E-state index contributed by atoms with van der Waals surface area (Å²) in [6.07, 6.45) is -2.74. The minimum Gasteiger partial charge on any atom is -0.408 e. The van der Waals surface area contributed by atoms with Gasteiger partial charge in [0.25, 0.3) is 0 Å². The van der Waals surface area contributed by atoms with Crippen molar-refractivity contribution in [2.24, 2.45) is 5.90 Å². The Bertz CT molecular complexity index is 553. The average molecular weight is 554 g/mol. The third kappa shape index (κ3) is 7.92. The highest BCUT2D eigenvalue weighted by Gasteiger charge is 2.54. The summed E-state index contributed by atoms with van der Waals surface area (Å²) in [5.74, 6) is 5.80. The molecule has 1 fully saturated rings. The number of ether oxygens (including phenoxy) is 1. The van der Waals surface area contributed by atoms with Crippen molar-refractivity contribution in [2.75, 3.05) is 6.61 Å². The molecule has 1 saturated heterocycles. The van der Waals surface area contributed by atoms with E-state index in [0.717, 1.165) is 54.4 Å². The summed E-state index contributed by atoms with van der Waals surface area (Å²) >= 11 is 0. The molecule has 1 heterocycles. The Kier molecular flexibility index (Phi) is 14.9. The van der Waals surface area contributed by atoms with Crippen LogP contribution in [0.15, 0.2) is 0 Å². The van der Waals surface area contributed by atoms with E-state index in [1.807, 2.05) is 0 Å². The molecule has 210 valence electrons. The van der Waals surface area contributed by atoms with Gasteiger partial charge in [-0.05, 0) is 54.4 Å². The molecule has 1 aliphatic rings. The molecule has 3 N–H and O–H groups in total. The topological polar surface area (TPSA) is 102 Å². The van der Waals surface area contributed by atoms with E-state index < -0.39 is 55.7 Å². The zero-order chi connectivity index (χ0) is 26.7. The third-order valence-electron chi connectivity index (χ3n) is 8.92. The molecule has 1 rings (SSSR count). The van der Waals surface area contributed by atoms with Gasteiger partial charge in [-0.15, -0.1) is 0 Å². The Hall–Kier alpha value is 0.331. The van der Waals surface area contributed by atoms with Crippen LogP contribution in [0.5, 0.6) is 0 Å². The number of hydrogen-bond donors (Lipinski definition) is 2. The lowest BCUT2D eigenvalue weighted by Crippen LogP contribution is -2.68. The van der Waals surface area contributed by atoms with E-state index in [4.69, 9.17) is 28.7 Å². The average Bonchev–Trinajstić information content (AvgIpc) is 2.91. The van der Waals surface area contributed by atoms with Gasteiger partial charge in [-0.1, -0.05) is 62.3 Å². The van der Waals surface area contributed by atoms with E-state index in [0.29, 0.717) is 0 Å². The normalized spacial score (nSPS) is 26.3. The molecule has 0 aliphatic carbocycles. The van der Waals surface area contributed by atoms with Crippen LogP contribution >= 0.6 is 0 Å². The van der Waals surface area contributed by atoms with Crippen LogP contribution < -0.4 is 5.90 Å². The van der Waals surface area contributed by atoms with Gasteiger partial charge in [0.15, 0.2) is 25.0 Å². The fraction of sp³-hybridized carbons (Fsp3) is 1.00. The van der Waals surface area contributed by atoms with Gasteiger partial charge in [-0.25, -0.2) is 10.8 Å². The van der Waals surface area contributed by atoms with Crippen molar-refractivity contribution in [3.05, 3.63) is 0 Å². The van der Waals surface area contributed by atoms with Crippen LogP contribution in [0.25, 0.3) is 0 Å². The highest BCUT2D eigenvalue weighted by atomic mass is 28.4. The first-order valence-corrected chi connectivity index (χ1v) is 21.6. The number of nitrogens with two attached hydrogens (primary N) is 1. The molecule has 8 nitrogen and oxygen atoms in total. The summed E-state index contributed by atoms with van der Waals surface area (Å²) in [4.78, 5) is 10.0. The number of hydrogen-bond acceptors (Lipinski definition) is 8. The second-order valence-electron chi connectivity index (χ2n) is 9.95. The minimum absolute atomic E-state index is 0.0461. The SMILES string of the molecule is CC[Si](CC)(CC)O[C@H]1[C@H](O[Si](CC)(CC)CC)C(COO)OC(ON)[C@H]1O[Si](CC)(CC)CC. The van der Waals surface area contributed by atoms with Crippen LogP contribution in [-0.4, -0.2) is 67.5 Å². The van der Waals surface area contributed by atoms with Crippen molar-refractivity contribution >= 4 is 25.0 Å². The molecule has 0 saturated carbocycles. The van der Waals surface area contributed by atoms with Gasteiger partial charge < -0.3 is 18.0 Å². The van der Waals surface area contributed by atoms with Crippen LogP contribution in [0.2, 0.25) is 54.4 Å². The van der Waals surface area contributed by atoms with Crippen molar-refractivity contribution in [3.63, 3.8) is 0 Å². The first kappa shape index (κ1) is 33.4. The summed E-state index contributed by atoms with van der Waals surface area (Å²) in [6, 6.07) is 8.96. The van der Waals surface area contributed by atoms with Crippen LogP contribution in [0.1, 0.15) is 62.3 Å². The summed E-state index contributed by atoms with van der Waals surface area (Å²) in [5, 5.41) is 9.44. The van der Waals surface area contributed by atoms with E-state index in [1.165, 1.54) is 0 Å². The Morgan fingerprint density at radius 3 is 1.26 bits per heavy atom. The summed E-state index contributed by atoms with van der Waals surface area (Å²) < 4.78 is 27.6. The van der Waals surface area contributed by atoms with Crippen molar-refractivity contribution in [1.82, 2.24) is 0 Å². The Morgan fingerprint density at radius 2 is 0.943 bits per heavy atom. The molecule has 0 aromatic rings. The van der Waals surface area contributed by atoms with Crippen molar-refractivity contribution < 1.29 is 33.0 Å². The van der Waals surface area contributed by atoms with Gasteiger partial charge in [-0.3, -0.25) is 10.1 Å². The largest absolute Gasteiger partial charge is 0.408 e. The molecular formula is C24H55NO7Si3. The van der Waals surface area contributed by atoms with E-state index in [-0.39, 0.29) is 6.61 Å². The minimum atomic E-state index is -2.08. The molecule has 2 unspecified atom stereocenters. The molecule has 0 bridgehead atoms. The van der Waals surface area contributed by atoms with Crippen LogP contribution in [0, 0.1) is 0 Å². The van der Waals surface area contributed by atoms with Gasteiger partial charge in [0.05, 0.1) is 0 Å². The quantitative estimate of drug-likeness (QED) is 0.116. The maximum absolute atomic E-state index is 9.44. The van der Waals surface area contributed by atoms with E-state index in [1.54, 1.807) is 0 Å². The summed E-state index contributed by atoms with van der Waals surface area (Å²) in [7, 11) is -6.22. The molecule has 35 heavy (non-hydrogen) atoms. The molecule has 11 heteroatoms. The van der Waals surface area contributed by atoms with Crippen LogP contribution in [-0.2, 0) is 27.7 Å². The molecule has 5 atom stereocenters. The molecule has 0 aromatic heterocycles. The monoisotopic (exact) mass is 553 g/mol. The number of rotatable bonds is 18. The van der Waals surface area contributed by atoms with E-state index in [2.05, 4.69) is 67.2 Å². The maximum atomic E-state index is 9.44. The zero-order valence-corrected chi connectivity index (χ0v) is 26.9. The lowest BCUT2D eigenvalue weighted by atomic mass is 9.99. The first-order chi connectivity index (χ1) is 16.7. The Morgan fingerprint density at radius 1 is 0.600 bits per heavy atom. The van der Waals surface area contributed by atoms with Gasteiger partial charge in [-0.2, -0.15) is 0 Å². The van der Waals surface area contributed by atoms with Crippen LogP contribution in [0.3, 0.4) is 0 Å². The molecule has 0 radical (unpaired) electrons.